The van der Waals surface area contributed by atoms with Gasteiger partial charge in [0.05, 0.1) is 17.7 Å². The normalized spacial score (nSPS) is 11.5. The maximum atomic E-state index is 13.2. The van der Waals surface area contributed by atoms with E-state index in [9.17, 15) is 18.0 Å². The predicted molar refractivity (Wildman–Crippen MR) is 126 cm³/mol. The summed E-state index contributed by atoms with van der Waals surface area (Å²) in [7, 11) is 0. The lowest BCUT2D eigenvalue weighted by molar-refractivity contribution is -0.137. The molecule has 0 spiro atoms. The molecule has 178 valence electrons. The van der Waals surface area contributed by atoms with E-state index in [0.29, 0.717) is 29.4 Å². The molecular weight excluding hydrogens is 431 g/mol. The lowest BCUT2D eigenvalue weighted by Crippen LogP contribution is -2.23. The maximum Gasteiger partial charge on any atom is 0.416 e. The Morgan fingerprint density at radius 2 is 1.70 bits per heavy atom. The minimum absolute atomic E-state index is 0.00943. The van der Waals surface area contributed by atoms with Crippen LogP contribution >= 0.6 is 0 Å². The molecule has 0 aromatic heterocycles. The zero-order valence-electron chi connectivity index (χ0n) is 19.5. The fourth-order valence-electron chi connectivity index (χ4n) is 2.64. The Hall–Kier alpha value is -3.48. The highest BCUT2D eigenvalue weighted by atomic mass is 19.4. The molecule has 0 bridgehead atoms. The molecule has 1 amide bonds. The second-order valence-electron chi connectivity index (χ2n) is 6.62. The average molecular weight is 462 g/mol. The Bertz CT molecular complexity index is 991. The SMILES string of the molecule is C=C(C)/C=C(\C=C/C)NC(=O)c1cc(C(F)(F)F)ccc1Oc1ccc(OCC)cc1.CC. The van der Waals surface area contributed by atoms with Gasteiger partial charge >= 0.3 is 6.18 Å². The Kier molecular flexibility index (Phi) is 11.0. The van der Waals surface area contributed by atoms with Gasteiger partial charge in [-0.25, -0.2) is 0 Å². The van der Waals surface area contributed by atoms with Crippen molar-refractivity contribution in [3.8, 4) is 17.2 Å². The van der Waals surface area contributed by atoms with Crippen molar-refractivity contribution in [1.82, 2.24) is 5.32 Å². The molecule has 0 aliphatic rings. The van der Waals surface area contributed by atoms with Crippen LogP contribution in [0.4, 0.5) is 13.2 Å². The first kappa shape index (κ1) is 27.6. The summed E-state index contributed by atoms with van der Waals surface area (Å²) in [6.45, 7) is 13.6. The van der Waals surface area contributed by atoms with Crippen LogP contribution < -0.4 is 14.8 Å². The van der Waals surface area contributed by atoms with Crippen molar-refractivity contribution in [3.63, 3.8) is 0 Å². The number of alkyl halides is 3. The van der Waals surface area contributed by atoms with E-state index in [4.69, 9.17) is 9.47 Å². The number of amides is 1. The van der Waals surface area contributed by atoms with E-state index >= 15 is 0 Å². The number of carbonyl (C=O) groups is 1. The number of rotatable bonds is 8. The highest BCUT2D eigenvalue weighted by Crippen LogP contribution is 2.34. The van der Waals surface area contributed by atoms with Crippen LogP contribution in [-0.2, 0) is 6.18 Å². The molecule has 0 fully saturated rings. The molecule has 0 unspecified atom stereocenters. The summed E-state index contributed by atoms with van der Waals surface area (Å²) >= 11 is 0. The fraction of sp³-hybridized carbons (Fsp3) is 0.269. The molecule has 2 rings (SSSR count). The molecule has 1 N–H and O–H groups in total. The molecule has 33 heavy (non-hydrogen) atoms. The largest absolute Gasteiger partial charge is 0.494 e. The molecule has 0 heterocycles. The van der Waals surface area contributed by atoms with Crippen molar-refractivity contribution in [1.29, 1.82) is 0 Å². The average Bonchev–Trinajstić information content (AvgIpc) is 2.76. The van der Waals surface area contributed by atoms with Crippen molar-refractivity contribution < 1.29 is 27.4 Å². The first-order valence-electron chi connectivity index (χ1n) is 10.6. The molecule has 0 aliphatic carbocycles. The van der Waals surface area contributed by atoms with E-state index in [1.165, 1.54) is 0 Å². The summed E-state index contributed by atoms with van der Waals surface area (Å²) in [6, 6.07) is 9.33. The number of benzene rings is 2. The Balaban J connectivity index is 0.00000265. The summed E-state index contributed by atoms with van der Waals surface area (Å²) in [5, 5.41) is 2.60. The van der Waals surface area contributed by atoms with Gasteiger partial charge in [-0.15, -0.1) is 0 Å². The van der Waals surface area contributed by atoms with Crippen LogP contribution in [0.5, 0.6) is 17.2 Å². The van der Waals surface area contributed by atoms with E-state index in [0.717, 1.165) is 18.2 Å². The minimum atomic E-state index is -4.60. The molecule has 0 aliphatic heterocycles. The minimum Gasteiger partial charge on any atom is -0.494 e. The lowest BCUT2D eigenvalue weighted by Gasteiger charge is -2.15. The van der Waals surface area contributed by atoms with Gasteiger partial charge in [0.2, 0.25) is 0 Å². The second-order valence-corrected chi connectivity index (χ2v) is 6.62. The number of hydrogen-bond acceptors (Lipinski definition) is 3. The third kappa shape index (κ3) is 8.88. The van der Waals surface area contributed by atoms with Gasteiger partial charge in [0, 0.05) is 5.70 Å². The first-order chi connectivity index (χ1) is 15.6. The Labute approximate surface area is 193 Å². The standard InChI is InChI=1S/C24H24F3NO3.C2H6/c1-5-7-18(14-16(3)4)28-23(29)21-15-17(24(25,26)27)8-13-22(21)31-20-11-9-19(10-12-20)30-6-2;1-2/h5,7-15H,3,6H2,1-2,4H3,(H,28,29);1-2H3/b7-5-,18-14+;. The van der Waals surface area contributed by atoms with Crippen molar-refractivity contribution in [3.05, 3.63) is 89.7 Å². The molecule has 4 nitrogen and oxygen atoms in total. The highest BCUT2D eigenvalue weighted by molar-refractivity contribution is 5.98. The smallest absolute Gasteiger partial charge is 0.416 e. The van der Waals surface area contributed by atoms with E-state index in [2.05, 4.69) is 11.9 Å². The Morgan fingerprint density at radius 1 is 1.09 bits per heavy atom. The summed E-state index contributed by atoms with van der Waals surface area (Å²) < 4.78 is 50.8. The van der Waals surface area contributed by atoms with Gasteiger partial charge in [0.1, 0.15) is 17.2 Å². The van der Waals surface area contributed by atoms with Gasteiger partial charge < -0.3 is 14.8 Å². The first-order valence-corrected chi connectivity index (χ1v) is 10.6. The van der Waals surface area contributed by atoms with Crippen LogP contribution in [0, 0.1) is 0 Å². The van der Waals surface area contributed by atoms with Crippen LogP contribution in [0.3, 0.4) is 0 Å². The molecular formula is C26H30F3NO3. The van der Waals surface area contributed by atoms with E-state index < -0.39 is 17.6 Å². The van der Waals surface area contributed by atoms with Gasteiger partial charge in [0.25, 0.3) is 5.91 Å². The van der Waals surface area contributed by atoms with Gasteiger partial charge in [-0.05, 0) is 75.4 Å². The number of halogens is 3. The number of ether oxygens (including phenoxy) is 2. The topological polar surface area (TPSA) is 47.6 Å². The number of allylic oxidation sites excluding steroid dienone is 4. The van der Waals surface area contributed by atoms with Crippen molar-refractivity contribution in [2.75, 3.05) is 6.61 Å². The highest BCUT2D eigenvalue weighted by Gasteiger charge is 2.32. The second kappa shape index (κ2) is 13.2. The van der Waals surface area contributed by atoms with E-state index in [1.807, 2.05) is 20.8 Å². The summed E-state index contributed by atoms with van der Waals surface area (Å²) in [6.07, 6.45) is 0.316. The van der Waals surface area contributed by atoms with Crippen LogP contribution in [0.25, 0.3) is 0 Å². The zero-order valence-corrected chi connectivity index (χ0v) is 19.5. The summed E-state index contributed by atoms with van der Waals surface area (Å²) in [5.74, 6) is 0.229. The fourth-order valence-corrected chi connectivity index (χ4v) is 2.64. The van der Waals surface area contributed by atoms with Gasteiger partial charge in [-0.1, -0.05) is 32.1 Å². The predicted octanol–water partition coefficient (Wildman–Crippen LogP) is 7.69. The van der Waals surface area contributed by atoms with Crippen molar-refractivity contribution >= 4 is 5.91 Å². The Morgan fingerprint density at radius 3 is 2.21 bits per heavy atom. The molecule has 2 aromatic carbocycles. The van der Waals surface area contributed by atoms with Crippen molar-refractivity contribution in [2.45, 2.75) is 40.8 Å². The number of hydrogen-bond donors (Lipinski definition) is 1. The van der Waals surface area contributed by atoms with Gasteiger partial charge in [-0.3, -0.25) is 4.79 Å². The molecule has 0 atom stereocenters. The van der Waals surface area contributed by atoms with Crippen LogP contribution in [-0.4, -0.2) is 12.5 Å². The summed E-state index contributed by atoms with van der Waals surface area (Å²) in [4.78, 5) is 12.9. The lowest BCUT2D eigenvalue weighted by atomic mass is 10.1. The number of nitrogens with one attached hydrogen (secondary N) is 1. The van der Waals surface area contributed by atoms with Gasteiger partial charge in [-0.2, -0.15) is 13.2 Å². The van der Waals surface area contributed by atoms with Crippen LogP contribution in [0.1, 0.15) is 50.5 Å². The van der Waals surface area contributed by atoms with Crippen molar-refractivity contribution in [2.24, 2.45) is 0 Å². The van der Waals surface area contributed by atoms with Gasteiger partial charge in [0.15, 0.2) is 0 Å². The molecule has 2 aromatic rings. The van der Waals surface area contributed by atoms with E-state index in [1.54, 1.807) is 56.3 Å². The quantitative estimate of drug-likeness (QED) is 0.410. The molecule has 0 radical (unpaired) electrons. The molecule has 7 heteroatoms. The number of carbonyl (C=O) groups excluding carboxylic acids is 1. The summed E-state index contributed by atoms with van der Waals surface area (Å²) in [5.41, 5.74) is -0.137. The third-order valence-electron chi connectivity index (χ3n) is 3.92. The molecule has 0 saturated carbocycles. The van der Waals surface area contributed by atoms with Crippen LogP contribution in [0.15, 0.2) is 78.5 Å². The van der Waals surface area contributed by atoms with E-state index in [-0.39, 0.29) is 11.3 Å². The maximum absolute atomic E-state index is 13.2. The monoisotopic (exact) mass is 461 g/mol. The van der Waals surface area contributed by atoms with Crippen LogP contribution in [0.2, 0.25) is 0 Å². The molecule has 0 saturated heterocycles. The zero-order chi connectivity index (χ0) is 25.0. The third-order valence-corrected chi connectivity index (χ3v) is 3.92.